The van der Waals surface area contributed by atoms with E-state index in [9.17, 15) is 4.79 Å². The number of Topliss-reactive ketones (excluding diaryl/α,β-unsaturated/α-hetero) is 1. The summed E-state index contributed by atoms with van der Waals surface area (Å²) in [6.07, 6.45) is 4.26. The lowest BCUT2D eigenvalue weighted by molar-refractivity contribution is 0.102. The highest BCUT2D eigenvalue weighted by Gasteiger charge is 2.31. The van der Waals surface area contributed by atoms with E-state index in [1.807, 2.05) is 48.7 Å². The maximum absolute atomic E-state index is 12.4. The van der Waals surface area contributed by atoms with E-state index >= 15 is 0 Å². The number of nitrogens with one attached hydrogen (secondary N) is 1. The van der Waals surface area contributed by atoms with Gasteiger partial charge >= 0.3 is 0 Å². The van der Waals surface area contributed by atoms with Crippen LogP contribution in [0.5, 0.6) is 0 Å². The highest BCUT2D eigenvalue weighted by molar-refractivity contribution is 7.99. The molecule has 1 N–H and O–H groups in total. The van der Waals surface area contributed by atoms with E-state index in [2.05, 4.69) is 31.9 Å². The predicted octanol–water partition coefficient (Wildman–Crippen LogP) is 4.74. The van der Waals surface area contributed by atoms with E-state index in [0.29, 0.717) is 11.8 Å². The molecule has 27 heavy (non-hydrogen) atoms. The minimum atomic E-state index is 0.111. The third kappa shape index (κ3) is 3.06. The van der Waals surface area contributed by atoms with Crippen LogP contribution in [0.15, 0.2) is 66.0 Å². The molecule has 5 rings (SSSR count). The average Bonchev–Trinajstić information content (AvgIpc) is 3.33. The van der Waals surface area contributed by atoms with Crippen LogP contribution in [0.4, 0.5) is 0 Å². The van der Waals surface area contributed by atoms with Gasteiger partial charge in [0.05, 0.1) is 5.75 Å². The molecule has 0 amide bonds. The summed E-state index contributed by atoms with van der Waals surface area (Å²) in [6.45, 7) is 0. The Morgan fingerprint density at radius 3 is 2.67 bits per heavy atom. The number of aromatic amines is 1. The van der Waals surface area contributed by atoms with Crippen molar-refractivity contribution >= 4 is 28.4 Å². The highest BCUT2D eigenvalue weighted by Crippen LogP contribution is 2.42. The Hall–Kier alpha value is -2.86. The minimum absolute atomic E-state index is 0.111. The molecular formula is C21H18N4OS. The normalized spacial score (nSPS) is 13.9. The zero-order valence-corrected chi connectivity index (χ0v) is 15.4. The van der Waals surface area contributed by atoms with Crippen molar-refractivity contribution in [3.63, 3.8) is 0 Å². The van der Waals surface area contributed by atoms with Gasteiger partial charge in [-0.15, -0.1) is 10.2 Å². The first-order valence-corrected chi connectivity index (χ1v) is 10.0. The molecule has 0 radical (unpaired) electrons. The fourth-order valence-electron chi connectivity index (χ4n) is 3.31. The molecule has 2 aromatic carbocycles. The second-order valence-corrected chi connectivity index (χ2v) is 7.68. The molecule has 0 spiro atoms. The summed E-state index contributed by atoms with van der Waals surface area (Å²) in [6, 6.07) is 18.0. The first-order chi connectivity index (χ1) is 13.3. The van der Waals surface area contributed by atoms with Gasteiger partial charge in [0.2, 0.25) is 0 Å². The lowest BCUT2D eigenvalue weighted by atomic mass is 10.1. The number of aromatic nitrogens is 4. The molecule has 1 aliphatic rings. The van der Waals surface area contributed by atoms with Crippen molar-refractivity contribution in [1.29, 1.82) is 0 Å². The molecule has 0 bridgehead atoms. The van der Waals surface area contributed by atoms with Crippen molar-refractivity contribution in [2.24, 2.45) is 0 Å². The van der Waals surface area contributed by atoms with Crippen molar-refractivity contribution in [3.05, 3.63) is 66.4 Å². The Kier molecular flexibility index (Phi) is 4.05. The van der Waals surface area contributed by atoms with Crippen LogP contribution in [0, 0.1) is 0 Å². The number of hydrogen-bond acceptors (Lipinski definition) is 4. The Bertz CT molecular complexity index is 1110. The summed E-state index contributed by atoms with van der Waals surface area (Å²) in [4.78, 5) is 15.8. The van der Waals surface area contributed by atoms with Gasteiger partial charge in [-0.2, -0.15) is 0 Å². The molecule has 2 heterocycles. The summed E-state index contributed by atoms with van der Waals surface area (Å²) in [5.74, 6) is 1.35. The smallest absolute Gasteiger partial charge is 0.192 e. The van der Waals surface area contributed by atoms with Crippen LogP contribution in [0.2, 0.25) is 0 Å². The largest absolute Gasteiger partial charge is 0.360 e. The van der Waals surface area contributed by atoms with E-state index < -0.39 is 0 Å². The number of nitrogens with zero attached hydrogens (tertiary/aromatic N) is 3. The zero-order chi connectivity index (χ0) is 18.2. The first-order valence-electron chi connectivity index (χ1n) is 9.03. The van der Waals surface area contributed by atoms with Crippen LogP contribution in [-0.4, -0.2) is 31.3 Å². The molecule has 6 heteroatoms. The summed E-state index contributed by atoms with van der Waals surface area (Å²) in [5, 5.41) is 10.9. The van der Waals surface area contributed by atoms with Gasteiger partial charge in [-0.1, -0.05) is 60.3 Å². The fourth-order valence-corrected chi connectivity index (χ4v) is 4.22. The van der Waals surface area contributed by atoms with Gasteiger partial charge in [0.25, 0.3) is 0 Å². The number of hydrogen-bond donors (Lipinski definition) is 1. The Morgan fingerprint density at radius 1 is 1.07 bits per heavy atom. The number of carbonyl (C=O) groups is 1. The molecule has 0 atom stereocenters. The number of rotatable bonds is 6. The summed E-state index contributed by atoms with van der Waals surface area (Å²) < 4.78 is 2.21. The van der Waals surface area contributed by atoms with E-state index in [4.69, 9.17) is 0 Å². The molecule has 134 valence electrons. The van der Waals surface area contributed by atoms with E-state index in [1.165, 1.54) is 11.8 Å². The van der Waals surface area contributed by atoms with Gasteiger partial charge in [0, 0.05) is 34.3 Å². The second kappa shape index (κ2) is 6.70. The third-order valence-electron chi connectivity index (χ3n) is 4.83. The molecule has 4 aromatic rings. The number of para-hydroxylation sites is 1. The Morgan fingerprint density at radius 2 is 1.85 bits per heavy atom. The van der Waals surface area contributed by atoms with Crippen LogP contribution in [0.25, 0.3) is 22.3 Å². The van der Waals surface area contributed by atoms with E-state index in [-0.39, 0.29) is 5.78 Å². The molecule has 1 saturated carbocycles. The number of ketones is 1. The molecule has 0 unspecified atom stereocenters. The number of fused-ring (bicyclic) bond motifs is 1. The van der Waals surface area contributed by atoms with Crippen molar-refractivity contribution < 1.29 is 4.79 Å². The van der Waals surface area contributed by atoms with Crippen molar-refractivity contribution in [1.82, 2.24) is 19.7 Å². The van der Waals surface area contributed by atoms with Gasteiger partial charge in [0.1, 0.15) is 0 Å². The quantitative estimate of drug-likeness (QED) is 0.391. The maximum atomic E-state index is 12.4. The van der Waals surface area contributed by atoms with E-state index in [0.717, 1.165) is 45.9 Å². The van der Waals surface area contributed by atoms with Crippen LogP contribution in [0.1, 0.15) is 29.2 Å². The summed E-state index contributed by atoms with van der Waals surface area (Å²) in [7, 11) is 0. The van der Waals surface area contributed by atoms with Crippen LogP contribution in [-0.2, 0) is 0 Å². The van der Waals surface area contributed by atoms with Crippen molar-refractivity contribution in [2.45, 2.75) is 24.0 Å². The standard InChI is InChI=1S/C21H18N4OS/c26-19(14-6-2-1-3-7-14)13-27-21-24-23-20(25(21)15-10-11-15)17-12-22-18-9-5-4-8-16(17)18/h1-9,12,15,22H,10-11,13H2. The molecule has 1 fully saturated rings. The SMILES string of the molecule is O=C(CSc1nnc(-c2c[nH]c3ccccc23)n1C1CC1)c1ccccc1. The third-order valence-corrected chi connectivity index (χ3v) is 5.78. The van der Waals surface area contributed by atoms with Gasteiger partial charge in [-0.05, 0) is 18.9 Å². The minimum Gasteiger partial charge on any atom is -0.360 e. The van der Waals surface area contributed by atoms with Crippen LogP contribution < -0.4 is 0 Å². The molecule has 2 aromatic heterocycles. The monoisotopic (exact) mass is 374 g/mol. The highest BCUT2D eigenvalue weighted by atomic mass is 32.2. The number of thioether (sulfide) groups is 1. The lowest BCUT2D eigenvalue weighted by Crippen LogP contribution is -2.05. The average molecular weight is 374 g/mol. The van der Waals surface area contributed by atoms with Crippen molar-refractivity contribution in [3.8, 4) is 11.4 Å². The lowest BCUT2D eigenvalue weighted by Gasteiger charge is -2.08. The number of H-pyrrole nitrogens is 1. The van der Waals surface area contributed by atoms with Gasteiger partial charge in [-0.3, -0.25) is 9.36 Å². The second-order valence-electron chi connectivity index (χ2n) is 6.73. The van der Waals surface area contributed by atoms with Crippen LogP contribution >= 0.6 is 11.8 Å². The van der Waals surface area contributed by atoms with Crippen LogP contribution in [0.3, 0.4) is 0 Å². The molecule has 1 aliphatic carbocycles. The topological polar surface area (TPSA) is 63.6 Å². The molecule has 0 saturated heterocycles. The van der Waals surface area contributed by atoms with Gasteiger partial charge < -0.3 is 4.98 Å². The molecule has 0 aliphatic heterocycles. The van der Waals surface area contributed by atoms with Gasteiger partial charge in [0.15, 0.2) is 16.8 Å². The van der Waals surface area contributed by atoms with E-state index in [1.54, 1.807) is 0 Å². The molecular weight excluding hydrogens is 356 g/mol. The maximum Gasteiger partial charge on any atom is 0.192 e. The van der Waals surface area contributed by atoms with Gasteiger partial charge in [-0.25, -0.2) is 0 Å². The molecule has 5 nitrogen and oxygen atoms in total. The Labute approximate surface area is 160 Å². The fraction of sp³-hybridized carbons (Fsp3) is 0.190. The summed E-state index contributed by atoms with van der Waals surface area (Å²) >= 11 is 1.47. The number of benzene rings is 2. The first kappa shape index (κ1) is 16.3. The number of carbonyl (C=O) groups excluding carboxylic acids is 1. The summed E-state index contributed by atoms with van der Waals surface area (Å²) in [5.41, 5.74) is 2.89. The van der Waals surface area contributed by atoms with Crippen molar-refractivity contribution in [2.75, 3.05) is 5.75 Å². The Balaban J connectivity index is 1.46. The zero-order valence-electron chi connectivity index (χ0n) is 14.6. The predicted molar refractivity (Wildman–Crippen MR) is 107 cm³/mol.